The number of nitrogens with one attached hydrogen (secondary N) is 2. The second-order valence-corrected chi connectivity index (χ2v) is 3.84. The van der Waals surface area contributed by atoms with Crippen LogP contribution in [0.5, 0.6) is 0 Å². The van der Waals surface area contributed by atoms with Crippen molar-refractivity contribution in [3.8, 4) is 6.07 Å². The topological polar surface area (TPSA) is 47.8 Å². The Hall–Kier alpha value is -1.53. The first-order valence-electron chi connectivity index (χ1n) is 5.73. The summed E-state index contributed by atoms with van der Waals surface area (Å²) in [6.07, 6.45) is 1.15. The molecule has 0 aliphatic rings. The molecule has 2 N–H and O–H groups in total. The number of anilines is 1. The molecule has 0 radical (unpaired) electrons. The fourth-order valence-electron chi connectivity index (χ4n) is 1.49. The Morgan fingerprint density at radius 2 is 2.06 bits per heavy atom. The quantitative estimate of drug-likeness (QED) is 0.719. The van der Waals surface area contributed by atoms with Crippen molar-refractivity contribution in [2.75, 3.05) is 25.0 Å². The number of aryl methyl sites for hydroxylation is 1. The molecule has 0 amide bonds. The third-order valence-corrected chi connectivity index (χ3v) is 2.34. The Balaban J connectivity index is 2.46. The minimum Gasteiger partial charge on any atom is -0.383 e. The maximum Gasteiger partial charge on any atom is 0.101 e. The maximum atomic E-state index is 8.94. The van der Waals surface area contributed by atoms with Crippen LogP contribution < -0.4 is 10.6 Å². The van der Waals surface area contributed by atoms with Crippen molar-refractivity contribution in [1.82, 2.24) is 5.32 Å². The number of hydrogen-bond acceptors (Lipinski definition) is 3. The molecule has 0 spiro atoms. The molecule has 1 aromatic rings. The van der Waals surface area contributed by atoms with E-state index < -0.39 is 0 Å². The van der Waals surface area contributed by atoms with Crippen LogP contribution in [0.15, 0.2) is 18.2 Å². The second-order valence-electron chi connectivity index (χ2n) is 3.84. The molecule has 0 fully saturated rings. The van der Waals surface area contributed by atoms with E-state index in [9.17, 15) is 0 Å². The van der Waals surface area contributed by atoms with Gasteiger partial charge >= 0.3 is 0 Å². The Labute approximate surface area is 97.5 Å². The zero-order chi connectivity index (χ0) is 11.8. The first kappa shape index (κ1) is 12.5. The highest BCUT2D eigenvalue weighted by Gasteiger charge is 2.00. The van der Waals surface area contributed by atoms with Gasteiger partial charge in [0, 0.05) is 13.1 Å². The SMILES string of the molecule is CCCNCCNc1cc(C)ccc1C#N. The number of hydrogen-bond donors (Lipinski definition) is 2. The van der Waals surface area contributed by atoms with E-state index in [1.807, 2.05) is 25.1 Å². The van der Waals surface area contributed by atoms with E-state index in [-0.39, 0.29) is 0 Å². The smallest absolute Gasteiger partial charge is 0.101 e. The van der Waals surface area contributed by atoms with Crippen LogP contribution >= 0.6 is 0 Å². The molecule has 0 heterocycles. The van der Waals surface area contributed by atoms with E-state index in [1.165, 1.54) is 5.56 Å². The highest BCUT2D eigenvalue weighted by Crippen LogP contribution is 2.15. The predicted molar refractivity (Wildman–Crippen MR) is 67.5 cm³/mol. The van der Waals surface area contributed by atoms with E-state index in [1.54, 1.807) is 0 Å². The first-order chi connectivity index (χ1) is 7.77. The summed E-state index contributed by atoms with van der Waals surface area (Å²) in [6, 6.07) is 8.02. The molecule has 0 saturated heterocycles. The van der Waals surface area contributed by atoms with E-state index in [0.717, 1.165) is 31.7 Å². The third-order valence-electron chi connectivity index (χ3n) is 2.34. The van der Waals surface area contributed by atoms with Gasteiger partial charge in [0.05, 0.1) is 11.3 Å². The molecule has 0 bridgehead atoms. The maximum absolute atomic E-state index is 8.94. The van der Waals surface area contributed by atoms with Crippen LogP contribution in [-0.2, 0) is 0 Å². The summed E-state index contributed by atoms with van der Waals surface area (Å²) in [5, 5.41) is 15.5. The van der Waals surface area contributed by atoms with Gasteiger partial charge in [-0.2, -0.15) is 5.26 Å². The zero-order valence-electron chi connectivity index (χ0n) is 10.0. The molecule has 3 nitrogen and oxygen atoms in total. The number of nitrogens with zero attached hydrogens (tertiary/aromatic N) is 1. The van der Waals surface area contributed by atoms with Gasteiger partial charge in [-0.05, 0) is 37.6 Å². The van der Waals surface area contributed by atoms with E-state index in [4.69, 9.17) is 5.26 Å². The minimum absolute atomic E-state index is 0.709. The lowest BCUT2D eigenvalue weighted by Crippen LogP contribution is -2.23. The minimum atomic E-state index is 0.709. The number of benzene rings is 1. The van der Waals surface area contributed by atoms with Crippen molar-refractivity contribution in [2.24, 2.45) is 0 Å². The fourth-order valence-corrected chi connectivity index (χ4v) is 1.49. The van der Waals surface area contributed by atoms with Crippen LogP contribution in [0.1, 0.15) is 24.5 Å². The molecule has 1 rings (SSSR count). The Bertz CT molecular complexity index is 366. The van der Waals surface area contributed by atoms with Gasteiger partial charge in [0.1, 0.15) is 6.07 Å². The Morgan fingerprint density at radius 1 is 1.25 bits per heavy atom. The lowest BCUT2D eigenvalue weighted by molar-refractivity contribution is 0.688. The predicted octanol–water partition coefficient (Wildman–Crippen LogP) is 2.28. The monoisotopic (exact) mass is 217 g/mol. The van der Waals surface area contributed by atoms with Crippen LogP contribution in [0.4, 0.5) is 5.69 Å². The van der Waals surface area contributed by atoms with Gasteiger partial charge in [0.25, 0.3) is 0 Å². The molecule has 3 heteroatoms. The summed E-state index contributed by atoms with van der Waals surface area (Å²) in [7, 11) is 0. The first-order valence-corrected chi connectivity index (χ1v) is 5.73. The summed E-state index contributed by atoms with van der Waals surface area (Å²) in [5.41, 5.74) is 2.81. The Morgan fingerprint density at radius 3 is 2.75 bits per heavy atom. The molecule has 0 saturated carbocycles. The lowest BCUT2D eigenvalue weighted by Gasteiger charge is -2.09. The van der Waals surface area contributed by atoms with Gasteiger partial charge < -0.3 is 10.6 Å². The van der Waals surface area contributed by atoms with Crippen molar-refractivity contribution >= 4 is 5.69 Å². The molecular weight excluding hydrogens is 198 g/mol. The van der Waals surface area contributed by atoms with Crippen molar-refractivity contribution in [3.63, 3.8) is 0 Å². The van der Waals surface area contributed by atoms with Crippen LogP contribution in [0.25, 0.3) is 0 Å². The summed E-state index contributed by atoms with van der Waals surface area (Å²) in [5.74, 6) is 0. The van der Waals surface area contributed by atoms with Gasteiger partial charge in [0.2, 0.25) is 0 Å². The second kappa shape index (κ2) is 6.86. The van der Waals surface area contributed by atoms with Gasteiger partial charge in [0.15, 0.2) is 0 Å². The van der Waals surface area contributed by atoms with Crippen LogP contribution in [0.2, 0.25) is 0 Å². The van der Waals surface area contributed by atoms with Crippen molar-refractivity contribution < 1.29 is 0 Å². The van der Waals surface area contributed by atoms with Gasteiger partial charge in [-0.3, -0.25) is 0 Å². The van der Waals surface area contributed by atoms with Crippen LogP contribution in [0, 0.1) is 18.3 Å². The third kappa shape index (κ3) is 3.92. The standard InChI is InChI=1S/C13H19N3/c1-3-6-15-7-8-16-13-9-11(2)4-5-12(13)10-14/h4-5,9,15-16H,3,6-8H2,1-2H3. The summed E-state index contributed by atoms with van der Waals surface area (Å²) in [6.45, 7) is 6.99. The van der Waals surface area contributed by atoms with Gasteiger partial charge in [-0.25, -0.2) is 0 Å². The zero-order valence-corrected chi connectivity index (χ0v) is 10.0. The molecule has 0 aliphatic carbocycles. The fraction of sp³-hybridized carbons (Fsp3) is 0.462. The van der Waals surface area contributed by atoms with Crippen molar-refractivity contribution in [3.05, 3.63) is 29.3 Å². The van der Waals surface area contributed by atoms with Crippen LogP contribution in [-0.4, -0.2) is 19.6 Å². The Kier molecular flexibility index (Phi) is 5.38. The summed E-state index contributed by atoms with van der Waals surface area (Å²) in [4.78, 5) is 0. The van der Waals surface area contributed by atoms with E-state index >= 15 is 0 Å². The van der Waals surface area contributed by atoms with E-state index in [2.05, 4.69) is 23.6 Å². The molecule has 0 aromatic heterocycles. The average Bonchev–Trinajstić information content (AvgIpc) is 2.29. The largest absolute Gasteiger partial charge is 0.383 e. The summed E-state index contributed by atoms with van der Waals surface area (Å²) < 4.78 is 0. The van der Waals surface area contributed by atoms with Crippen molar-refractivity contribution in [1.29, 1.82) is 5.26 Å². The summed E-state index contributed by atoms with van der Waals surface area (Å²) >= 11 is 0. The van der Waals surface area contributed by atoms with E-state index in [0.29, 0.717) is 5.56 Å². The molecule has 1 aromatic carbocycles. The van der Waals surface area contributed by atoms with Crippen molar-refractivity contribution in [2.45, 2.75) is 20.3 Å². The highest BCUT2D eigenvalue weighted by atomic mass is 14.9. The van der Waals surface area contributed by atoms with Crippen LogP contribution in [0.3, 0.4) is 0 Å². The molecule has 16 heavy (non-hydrogen) atoms. The number of nitriles is 1. The molecule has 0 aliphatic heterocycles. The average molecular weight is 217 g/mol. The normalized spacial score (nSPS) is 9.81. The highest BCUT2D eigenvalue weighted by molar-refractivity contribution is 5.58. The van der Waals surface area contributed by atoms with Gasteiger partial charge in [-0.15, -0.1) is 0 Å². The molecule has 0 atom stereocenters. The number of rotatable bonds is 6. The molecular formula is C13H19N3. The molecule has 86 valence electrons. The lowest BCUT2D eigenvalue weighted by atomic mass is 10.1. The van der Waals surface area contributed by atoms with Gasteiger partial charge in [-0.1, -0.05) is 13.0 Å². The molecule has 0 unspecified atom stereocenters.